The van der Waals surface area contributed by atoms with E-state index in [2.05, 4.69) is 10.6 Å². The van der Waals surface area contributed by atoms with Gasteiger partial charge in [-0.3, -0.25) is 9.36 Å². The molecule has 0 unspecified atom stereocenters. The first kappa shape index (κ1) is 17.3. The third kappa shape index (κ3) is 2.89. The number of amides is 1. The normalized spacial score (nSPS) is 15.9. The number of anilines is 2. The predicted octanol–water partition coefficient (Wildman–Crippen LogP) is 4.87. The van der Waals surface area contributed by atoms with Gasteiger partial charge in [-0.05, 0) is 50.2 Å². The fourth-order valence-electron chi connectivity index (χ4n) is 3.81. The zero-order valence-corrected chi connectivity index (χ0v) is 16.1. The van der Waals surface area contributed by atoms with Gasteiger partial charge in [-0.15, -0.1) is 0 Å². The second kappa shape index (κ2) is 6.67. The average Bonchev–Trinajstić information content (AvgIpc) is 3.36. The molecule has 3 heterocycles. The Kier molecular flexibility index (Phi) is 3.98. The van der Waals surface area contributed by atoms with Gasteiger partial charge in [0.25, 0.3) is 5.91 Å². The summed E-state index contributed by atoms with van der Waals surface area (Å²) in [7, 11) is 0. The number of hydrogen-bond donors (Lipinski definition) is 2. The molecule has 5 rings (SSSR count). The van der Waals surface area contributed by atoms with Gasteiger partial charge in [0, 0.05) is 11.4 Å². The molecule has 144 valence electrons. The highest BCUT2D eigenvalue weighted by molar-refractivity contribution is 6.06. The number of allylic oxidation sites excluding steroid dienone is 1. The highest BCUT2D eigenvalue weighted by Crippen LogP contribution is 2.39. The van der Waals surface area contributed by atoms with Crippen LogP contribution < -0.4 is 10.6 Å². The number of imidazole rings is 1. The summed E-state index contributed by atoms with van der Waals surface area (Å²) in [6.07, 6.45) is 1.63. The number of hydrogen-bond acceptors (Lipinski definition) is 4. The van der Waals surface area contributed by atoms with Crippen molar-refractivity contribution in [3.63, 3.8) is 0 Å². The minimum Gasteiger partial charge on any atom is -0.467 e. The Labute approximate surface area is 167 Å². The van der Waals surface area contributed by atoms with Crippen molar-refractivity contribution in [3.05, 3.63) is 89.5 Å². The van der Waals surface area contributed by atoms with Crippen LogP contribution in [0.2, 0.25) is 0 Å². The Morgan fingerprint density at radius 2 is 1.86 bits per heavy atom. The van der Waals surface area contributed by atoms with Crippen LogP contribution in [0.5, 0.6) is 0 Å². The van der Waals surface area contributed by atoms with Crippen LogP contribution in [0.15, 0.2) is 82.6 Å². The van der Waals surface area contributed by atoms with Crippen molar-refractivity contribution < 1.29 is 9.21 Å². The van der Waals surface area contributed by atoms with Crippen LogP contribution in [-0.2, 0) is 4.79 Å². The smallest absolute Gasteiger partial charge is 0.255 e. The maximum atomic E-state index is 13.4. The standard InChI is InChI=1S/C23H20N4O2/c1-14-9-11-16(12-10-14)25-22(28)20-15(2)24-23-26-17-6-3-4-7-18(17)27(23)21(20)19-8-5-13-29-19/h3-13,21H,1-2H3,(H,24,26)(H,25,28)/t21-/m1/s1. The highest BCUT2D eigenvalue weighted by atomic mass is 16.3. The quantitative estimate of drug-likeness (QED) is 0.529. The van der Waals surface area contributed by atoms with Crippen LogP contribution in [0.1, 0.15) is 24.3 Å². The zero-order chi connectivity index (χ0) is 20.0. The van der Waals surface area contributed by atoms with E-state index < -0.39 is 6.04 Å². The highest BCUT2D eigenvalue weighted by Gasteiger charge is 2.35. The number of nitrogens with zero attached hydrogens (tertiary/aromatic N) is 2. The van der Waals surface area contributed by atoms with Crippen molar-refractivity contribution >= 4 is 28.6 Å². The average molecular weight is 384 g/mol. The molecule has 1 amide bonds. The van der Waals surface area contributed by atoms with Gasteiger partial charge in [0.15, 0.2) is 0 Å². The van der Waals surface area contributed by atoms with Gasteiger partial charge in [0.1, 0.15) is 11.8 Å². The molecule has 1 aliphatic rings. The van der Waals surface area contributed by atoms with E-state index in [9.17, 15) is 4.79 Å². The van der Waals surface area contributed by atoms with Gasteiger partial charge in [-0.1, -0.05) is 29.8 Å². The van der Waals surface area contributed by atoms with Crippen LogP contribution in [-0.4, -0.2) is 15.5 Å². The van der Waals surface area contributed by atoms with E-state index in [1.54, 1.807) is 6.26 Å². The molecular weight excluding hydrogens is 364 g/mol. The van der Waals surface area contributed by atoms with E-state index in [-0.39, 0.29) is 5.91 Å². The number of benzene rings is 2. The largest absolute Gasteiger partial charge is 0.467 e. The maximum absolute atomic E-state index is 13.4. The summed E-state index contributed by atoms with van der Waals surface area (Å²) in [5, 5.41) is 6.32. The van der Waals surface area contributed by atoms with Crippen LogP contribution in [0.3, 0.4) is 0 Å². The first-order valence-electron chi connectivity index (χ1n) is 9.48. The molecule has 0 spiro atoms. The van der Waals surface area contributed by atoms with Crippen LogP contribution in [0.4, 0.5) is 11.6 Å². The molecule has 6 nitrogen and oxygen atoms in total. The Morgan fingerprint density at radius 3 is 2.62 bits per heavy atom. The van der Waals surface area contributed by atoms with Crippen LogP contribution in [0, 0.1) is 6.92 Å². The number of aryl methyl sites for hydroxylation is 1. The number of rotatable bonds is 3. The number of para-hydroxylation sites is 2. The summed E-state index contributed by atoms with van der Waals surface area (Å²) in [5.74, 6) is 1.20. The number of fused-ring (bicyclic) bond motifs is 3. The molecule has 2 N–H and O–H groups in total. The van der Waals surface area contributed by atoms with Gasteiger partial charge >= 0.3 is 0 Å². The fourth-order valence-corrected chi connectivity index (χ4v) is 3.81. The van der Waals surface area contributed by atoms with E-state index >= 15 is 0 Å². The number of nitrogens with one attached hydrogen (secondary N) is 2. The Hall–Kier alpha value is -3.80. The molecule has 6 heteroatoms. The molecule has 2 aromatic heterocycles. The molecule has 4 aromatic rings. The molecule has 1 atom stereocenters. The molecule has 0 radical (unpaired) electrons. The SMILES string of the molecule is CC1=C(C(=O)Nc2ccc(C)cc2)[C@@H](c2ccco2)n2c(nc3ccccc32)N1. The Morgan fingerprint density at radius 1 is 1.07 bits per heavy atom. The van der Waals surface area contributed by atoms with Gasteiger partial charge in [-0.2, -0.15) is 0 Å². The number of carbonyl (C=O) groups excluding carboxylic acids is 1. The van der Waals surface area contributed by atoms with Crippen molar-refractivity contribution in [2.45, 2.75) is 19.9 Å². The molecular formula is C23H20N4O2. The number of furan rings is 1. The summed E-state index contributed by atoms with van der Waals surface area (Å²) < 4.78 is 7.77. The van der Waals surface area contributed by atoms with Crippen molar-refractivity contribution in [1.82, 2.24) is 9.55 Å². The first-order chi connectivity index (χ1) is 14.1. The van der Waals surface area contributed by atoms with Crippen molar-refractivity contribution in [2.24, 2.45) is 0 Å². The second-order valence-electron chi connectivity index (χ2n) is 7.20. The molecule has 0 aliphatic carbocycles. The van der Waals surface area contributed by atoms with Crippen molar-refractivity contribution in [1.29, 1.82) is 0 Å². The lowest BCUT2D eigenvalue weighted by Gasteiger charge is -2.29. The Bertz CT molecular complexity index is 1230. The molecule has 2 aromatic carbocycles. The fraction of sp³-hybridized carbons (Fsp3) is 0.130. The summed E-state index contributed by atoms with van der Waals surface area (Å²) in [6, 6.07) is 18.9. The van der Waals surface area contributed by atoms with Crippen LogP contribution in [0.25, 0.3) is 11.0 Å². The minimum atomic E-state index is -0.418. The number of carbonyl (C=O) groups is 1. The molecule has 0 saturated carbocycles. The monoisotopic (exact) mass is 384 g/mol. The van der Waals surface area contributed by atoms with Crippen molar-refractivity contribution in [2.75, 3.05) is 10.6 Å². The van der Waals surface area contributed by atoms with Crippen molar-refractivity contribution in [3.8, 4) is 0 Å². The maximum Gasteiger partial charge on any atom is 0.255 e. The molecule has 0 saturated heterocycles. The number of aromatic nitrogens is 2. The summed E-state index contributed by atoms with van der Waals surface area (Å²) in [5.41, 5.74) is 5.03. The third-order valence-corrected chi connectivity index (χ3v) is 5.20. The van der Waals surface area contributed by atoms with E-state index in [0.717, 1.165) is 28.0 Å². The summed E-state index contributed by atoms with van der Waals surface area (Å²) >= 11 is 0. The predicted molar refractivity (Wildman–Crippen MR) is 113 cm³/mol. The van der Waals surface area contributed by atoms with E-state index in [4.69, 9.17) is 9.40 Å². The topological polar surface area (TPSA) is 72.1 Å². The van der Waals surface area contributed by atoms with Crippen LogP contribution >= 0.6 is 0 Å². The summed E-state index contributed by atoms with van der Waals surface area (Å²) in [4.78, 5) is 18.0. The molecule has 29 heavy (non-hydrogen) atoms. The molecule has 0 fully saturated rings. The van der Waals surface area contributed by atoms with Gasteiger partial charge in [-0.25, -0.2) is 4.98 Å². The third-order valence-electron chi connectivity index (χ3n) is 5.20. The van der Waals surface area contributed by atoms with E-state index in [0.29, 0.717) is 17.3 Å². The first-order valence-corrected chi connectivity index (χ1v) is 9.48. The molecule has 1 aliphatic heterocycles. The lowest BCUT2D eigenvalue weighted by atomic mass is 9.99. The minimum absolute atomic E-state index is 0.177. The summed E-state index contributed by atoms with van der Waals surface area (Å²) in [6.45, 7) is 3.91. The van der Waals surface area contributed by atoms with E-state index in [1.165, 1.54) is 0 Å². The van der Waals surface area contributed by atoms with Gasteiger partial charge in [0.05, 0.1) is 22.9 Å². The molecule has 0 bridgehead atoms. The van der Waals surface area contributed by atoms with Gasteiger partial charge in [0.2, 0.25) is 5.95 Å². The second-order valence-corrected chi connectivity index (χ2v) is 7.20. The Balaban J connectivity index is 1.63. The van der Waals surface area contributed by atoms with Gasteiger partial charge < -0.3 is 15.1 Å². The zero-order valence-electron chi connectivity index (χ0n) is 16.1. The lowest BCUT2D eigenvalue weighted by Crippen LogP contribution is -2.30. The van der Waals surface area contributed by atoms with E-state index in [1.807, 2.05) is 79.1 Å². The lowest BCUT2D eigenvalue weighted by molar-refractivity contribution is -0.113.